The van der Waals surface area contributed by atoms with Crippen LogP contribution in [-0.4, -0.2) is 47.5 Å². The van der Waals surface area contributed by atoms with Crippen molar-refractivity contribution >= 4 is 23.1 Å². The molecule has 1 aromatic heterocycles. The first-order chi connectivity index (χ1) is 19.6. The second kappa shape index (κ2) is 11.9. The Kier molecular flexibility index (Phi) is 8.85. The van der Waals surface area contributed by atoms with Crippen LogP contribution in [0.25, 0.3) is 0 Å². The number of hydrogen-bond acceptors (Lipinski definition) is 7. The number of nitrogens with zero attached hydrogens (tertiary/aromatic N) is 4. The summed E-state index contributed by atoms with van der Waals surface area (Å²) in [7, 11) is 2.74. The normalized spacial score (nSPS) is 15.3. The lowest BCUT2D eigenvalue weighted by Gasteiger charge is -2.31. The molecule has 42 heavy (non-hydrogen) atoms. The minimum atomic E-state index is -5.11. The molecular weight excluding hydrogens is 598 g/mol. The summed E-state index contributed by atoms with van der Waals surface area (Å²) in [5.74, 6) is -0.731. The Balaban J connectivity index is 1.84. The van der Waals surface area contributed by atoms with E-state index in [-0.39, 0.29) is 50.5 Å². The maximum Gasteiger partial charge on any atom is 0.416 e. The van der Waals surface area contributed by atoms with E-state index in [1.165, 1.54) is 23.9 Å². The highest BCUT2D eigenvalue weighted by molar-refractivity contribution is 6.30. The fourth-order valence-corrected chi connectivity index (χ4v) is 4.67. The van der Waals surface area contributed by atoms with Crippen LogP contribution in [0, 0.1) is 0 Å². The van der Waals surface area contributed by atoms with Crippen molar-refractivity contribution in [1.82, 2.24) is 9.13 Å². The summed E-state index contributed by atoms with van der Waals surface area (Å²) < 4.78 is 94.1. The number of aliphatic hydroxyl groups is 1. The maximum atomic E-state index is 13.7. The van der Waals surface area contributed by atoms with Gasteiger partial charge in [-0.1, -0.05) is 23.7 Å². The zero-order valence-electron chi connectivity index (χ0n) is 22.2. The number of rotatable bonds is 9. The topological polar surface area (TPSA) is 89.2 Å². The van der Waals surface area contributed by atoms with E-state index < -0.39 is 46.8 Å². The second-order valence-electron chi connectivity index (χ2n) is 9.36. The van der Waals surface area contributed by atoms with Crippen LogP contribution in [0.5, 0.6) is 5.75 Å². The van der Waals surface area contributed by atoms with E-state index in [0.717, 1.165) is 9.13 Å². The SMILES string of the molecule is CN1c2c(c(=O)n(CCOCCO)c(=O)n2C)N(Cc2ccc(Cl)cc2)C1Oc1cc(C(F)(F)F)cc(C(F)(F)F)c1. The Morgan fingerprint density at radius 3 is 2.07 bits per heavy atom. The standard InChI is InChI=1S/C26H25ClF6N4O5/c1-34-21-20(22(39)36(23(34)40)7-9-41-10-8-38)37(14-15-3-5-18(27)6-4-15)24(35(21)2)42-19-12-16(25(28,29)30)11-17(13-19)26(31,32)33/h3-6,11-13,24,38H,7-10,14H2,1-2H3. The third-order valence-electron chi connectivity index (χ3n) is 6.48. The van der Waals surface area contributed by atoms with E-state index in [0.29, 0.717) is 22.7 Å². The van der Waals surface area contributed by atoms with Gasteiger partial charge in [0, 0.05) is 25.7 Å². The summed E-state index contributed by atoms with van der Waals surface area (Å²) >= 11 is 5.98. The molecule has 2 heterocycles. The van der Waals surface area contributed by atoms with Gasteiger partial charge < -0.3 is 24.4 Å². The molecule has 16 heteroatoms. The van der Waals surface area contributed by atoms with Gasteiger partial charge in [-0.3, -0.25) is 13.9 Å². The fraction of sp³-hybridized carbons (Fsp3) is 0.385. The van der Waals surface area contributed by atoms with Crippen molar-refractivity contribution in [2.75, 3.05) is 36.7 Å². The molecule has 0 spiro atoms. The number of benzene rings is 2. The van der Waals surface area contributed by atoms with Crippen molar-refractivity contribution in [2.24, 2.45) is 7.05 Å². The maximum absolute atomic E-state index is 13.7. The molecule has 0 saturated heterocycles. The number of aliphatic hydroxyl groups excluding tert-OH is 1. The average Bonchev–Trinajstić information content (AvgIpc) is 3.18. The molecule has 0 radical (unpaired) electrons. The Hall–Kier alpha value is -3.69. The van der Waals surface area contributed by atoms with Crippen LogP contribution >= 0.6 is 11.6 Å². The molecule has 4 rings (SSSR count). The first kappa shape index (κ1) is 31.3. The summed E-state index contributed by atoms with van der Waals surface area (Å²) in [4.78, 5) is 29.4. The largest absolute Gasteiger partial charge is 0.452 e. The van der Waals surface area contributed by atoms with E-state index in [9.17, 15) is 35.9 Å². The molecule has 1 unspecified atom stereocenters. The van der Waals surface area contributed by atoms with Crippen LogP contribution in [0.1, 0.15) is 16.7 Å². The van der Waals surface area contributed by atoms with Crippen LogP contribution in [0.4, 0.5) is 37.8 Å². The van der Waals surface area contributed by atoms with Crippen molar-refractivity contribution in [3.63, 3.8) is 0 Å². The van der Waals surface area contributed by atoms with E-state index in [4.69, 9.17) is 26.2 Å². The Bertz CT molecular complexity index is 1520. The zero-order chi connectivity index (χ0) is 31.0. The molecule has 0 fully saturated rings. The van der Waals surface area contributed by atoms with Gasteiger partial charge in [0.2, 0.25) is 0 Å². The molecule has 1 N–H and O–H groups in total. The summed E-state index contributed by atoms with van der Waals surface area (Å²) in [6, 6.07) is 7.21. The van der Waals surface area contributed by atoms with Gasteiger partial charge in [0.05, 0.1) is 37.5 Å². The Morgan fingerprint density at radius 2 is 1.52 bits per heavy atom. The van der Waals surface area contributed by atoms with E-state index in [2.05, 4.69) is 0 Å². The molecule has 0 aliphatic carbocycles. The zero-order valence-corrected chi connectivity index (χ0v) is 22.9. The molecule has 3 aromatic rings. The number of aromatic nitrogens is 2. The van der Waals surface area contributed by atoms with Crippen molar-refractivity contribution in [1.29, 1.82) is 0 Å². The second-order valence-corrected chi connectivity index (χ2v) is 9.79. The highest BCUT2D eigenvalue weighted by atomic mass is 35.5. The summed E-state index contributed by atoms with van der Waals surface area (Å²) in [5, 5.41) is 9.32. The molecule has 1 atom stereocenters. The lowest BCUT2D eigenvalue weighted by molar-refractivity contribution is -0.143. The molecule has 9 nitrogen and oxygen atoms in total. The minimum Gasteiger partial charge on any atom is -0.452 e. The van der Waals surface area contributed by atoms with Gasteiger partial charge in [0.15, 0.2) is 0 Å². The molecule has 0 saturated carbocycles. The molecular formula is C26H25ClF6N4O5. The van der Waals surface area contributed by atoms with Gasteiger partial charge in [-0.15, -0.1) is 0 Å². The predicted molar refractivity (Wildman–Crippen MR) is 141 cm³/mol. The van der Waals surface area contributed by atoms with Crippen molar-refractivity contribution in [3.05, 3.63) is 85.0 Å². The average molecular weight is 623 g/mol. The Morgan fingerprint density at radius 1 is 0.929 bits per heavy atom. The summed E-state index contributed by atoms with van der Waals surface area (Å²) in [5.41, 5.74) is -4.19. The highest BCUT2D eigenvalue weighted by Gasteiger charge is 2.42. The summed E-state index contributed by atoms with van der Waals surface area (Å²) in [6.45, 7) is -0.685. The first-order valence-corrected chi connectivity index (χ1v) is 12.7. The van der Waals surface area contributed by atoms with Gasteiger partial charge >= 0.3 is 18.0 Å². The molecule has 0 bridgehead atoms. The number of alkyl halides is 6. The molecule has 1 aliphatic heterocycles. The van der Waals surface area contributed by atoms with Gasteiger partial charge in [-0.25, -0.2) is 4.79 Å². The van der Waals surface area contributed by atoms with Gasteiger partial charge in [-0.05, 0) is 35.9 Å². The first-order valence-electron chi connectivity index (χ1n) is 12.4. The molecule has 228 valence electrons. The van der Waals surface area contributed by atoms with Crippen LogP contribution in [0.15, 0.2) is 52.1 Å². The van der Waals surface area contributed by atoms with Crippen LogP contribution < -0.4 is 25.8 Å². The summed E-state index contributed by atoms with van der Waals surface area (Å²) in [6.07, 6.45) is -11.7. The van der Waals surface area contributed by atoms with Crippen molar-refractivity contribution in [3.8, 4) is 5.75 Å². The number of ether oxygens (including phenoxy) is 2. The quantitative estimate of drug-likeness (QED) is 0.284. The molecule has 1 aliphatic rings. The number of halogens is 7. The van der Waals surface area contributed by atoms with Gasteiger partial charge in [-0.2, -0.15) is 26.3 Å². The third-order valence-corrected chi connectivity index (χ3v) is 6.73. The van der Waals surface area contributed by atoms with E-state index >= 15 is 0 Å². The number of anilines is 2. The van der Waals surface area contributed by atoms with E-state index in [1.807, 2.05) is 0 Å². The van der Waals surface area contributed by atoms with E-state index in [1.54, 1.807) is 24.3 Å². The van der Waals surface area contributed by atoms with Crippen molar-refractivity contribution < 1.29 is 40.9 Å². The Labute approximate surface area is 239 Å². The van der Waals surface area contributed by atoms with Crippen LogP contribution in [0.2, 0.25) is 5.02 Å². The van der Waals surface area contributed by atoms with Gasteiger partial charge in [0.1, 0.15) is 17.3 Å². The van der Waals surface area contributed by atoms with Crippen LogP contribution in [0.3, 0.4) is 0 Å². The number of hydrogen-bond donors (Lipinski definition) is 1. The smallest absolute Gasteiger partial charge is 0.416 e. The third kappa shape index (κ3) is 6.37. The highest BCUT2D eigenvalue weighted by Crippen LogP contribution is 2.41. The van der Waals surface area contributed by atoms with Gasteiger partial charge in [0.25, 0.3) is 11.9 Å². The molecule has 2 aromatic carbocycles. The monoisotopic (exact) mass is 622 g/mol. The number of fused-ring (bicyclic) bond motifs is 1. The lowest BCUT2D eigenvalue weighted by atomic mass is 10.1. The fourth-order valence-electron chi connectivity index (χ4n) is 4.54. The van der Waals surface area contributed by atoms with Crippen LogP contribution in [-0.2, 0) is 37.2 Å². The molecule has 0 amide bonds. The van der Waals surface area contributed by atoms with Crippen molar-refractivity contribution in [2.45, 2.75) is 31.8 Å². The predicted octanol–water partition coefficient (Wildman–Crippen LogP) is 4.07. The lowest BCUT2D eigenvalue weighted by Crippen LogP contribution is -2.46. The minimum absolute atomic E-state index is 0.0211.